The van der Waals surface area contributed by atoms with Gasteiger partial charge in [-0.05, 0) is 12.1 Å². The first kappa shape index (κ1) is 19.6. The average Bonchev–Trinajstić information content (AvgIpc) is 3.21. The Morgan fingerprint density at radius 2 is 1.90 bits per heavy atom. The smallest absolute Gasteiger partial charge is 0.335 e. The summed E-state index contributed by atoms with van der Waals surface area (Å²) in [6.07, 6.45) is -0.729. The van der Waals surface area contributed by atoms with Crippen LogP contribution in [0.1, 0.15) is 23.5 Å². The van der Waals surface area contributed by atoms with E-state index < -0.39 is 28.0 Å². The fourth-order valence-electron chi connectivity index (χ4n) is 4.23. The van der Waals surface area contributed by atoms with Gasteiger partial charge in [0.1, 0.15) is 11.9 Å². The Hall–Kier alpha value is -2.68. The molecule has 1 fully saturated rings. The van der Waals surface area contributed by atoms with Crippen molar-refractivity contribution in [1.82, 2.24) is 4.72 Å². The van der Waals surface area contributed by atoms with Crippen molar-refractivity contribution in [2.45, 2.75) is 29.4 Å². The van der Waals surface area contributed by atoms with Gasteiger partial charge in [-0.1, -0.05) is 43.0 Å². The second-order valence-electron chi connectivity index (χ2n) is 7.32. The third kappa shape index (κ3) is 3.43. The van der Waals surface area contributed by atoms with Crippen LogP contribution in [-0.2, 0) is 14.8 Å². The van der Waals surface area contributed by atoms with Gasteiger partial charge < -0.3 is 14.9 Å². The molecule has 2 aliphatic rings. The highest BCUT2D eigenvalue weighted by atomic mass is 32.2. The number of benzene rings is 2. The molecule has 152 valence electrons. The lowest BCUT2D eigenvalue weighted by Gasteiger charge is -2.21. The minimum atomic E-state index is -3.70. The van der Waals surface area contributed by atoms with Crippen LogP contribution in [0.15, 0.2) is 60.0 Å². The fourth-order valence-corrected chi connectivity index (χ4v) is 5.33. The van der Waals surface area contributed by atoms with Gasteiger partial charge in [0.15, 0.2) is 0 Å². The maximum absolute atomic E-state index is 12.6. The summed E-state index contributed by atoms with van der Waals surface area (Å²) in [5.41, 5.74) is 1.11. The van der Waals surface area contributed by atoms with Crippen LogP contribution in [0.3, 0.4) is 0 Å². The van der Waals surface area contributed by atoms with Gasteiger partial charge in [0.25, 0.3) is 0 Å². The number of para-hydroxylation sites is 1. The molecule has 1 heterocycles. The highest BCUT2D eigenvalue weighted by molar-refractivity contribution is 7.89. The zero-order chi connectivity index (χ0) is 20.8. The summed E-state index contributed by atoms with van der Waals surface area (Å²) in [7, 11) is -3.70. The molecule has 2 aromatic carbocycles. The standard InChI is InChI=1S/C21H21NO6S/c1-12(21(24)25)14-8-5-9-15-19-16(17(23)10-18(19)28-20(14)15)11-22-29(26,27)13-6-3-2-4-7-13/h2-9,16-19,22-23H,1,10-11H2,(H,24,25). The van der Waals surface area contributed by atoms with Crippen molar-refractivity contribution in [1.29, 1.82) is 0 Å². The molecule has 3 N–H and O–H groups in total. The van der Waals surface area contributed by atoms with E-state index in [0.29, 0.717) is 17.7 Å². The second kappa shape index (κ2) is 7.29. The summed E-state index contributed by atoms with van der Waals surface area (Å²) in [6.45, 7) is 3.66. The Balaban J connectivity index is 1.60. The summed E-state index contributed by atoms with van der Waals surface area (Å²) >= 11 is 0. The van der Waals surface area contributed by atoms with Gasteiger partial charge in [-0.3, -0.25) is 0 Å². The lowest BCUT2D eigenvalue weighted by molar-refractivity contribution is -0.130. The number of carboxylic acids is 1. The number of nitrogens with one attached hydrogen (secondary N) is 1. The molecule has 8 heteroatoms. The van der Waals surface area contributed by atoms with E-state index in [4.69, 9.17) is 4.74 Å². The van der Waals surface area contributed by atoms with E-state index in [1.54, 1.807) is 30.3 Å². The largest absolute Gasteiger partial charge is 0.489 e. The van der Waals surface area contributed by atoms with E-state index in [-0.39, 0.29) is 29.0 Å². The van der Waals surface area contributed by atoms with Crippen LogP contribution in [0, 0.1) is 5.92 Å². The summed E-state index contributed by atoms with van der Waals surface area (Å²) in [4.78, 5) is 11.5. The number of aliphatic hydroxyl groups excluding tert-OH is 1. The quantitative estimate of drug-likeness (QED) is 0.622. The molecule has 2 aromatic rings. The lowest BCUT2D eigenvalue weighted by Crippen LogP contribution is -2.34. The maximum Gasteiger partial charge on any atom is 0.335 e. The van der Waals surface area contributed by atoms with Gasteiger partial charge >= 0.3 is 5.97 Å². The van der Waals surface area contributed by atoms with Gasteiger partial charge in [0.05, 0.1) is 16.6 Å². The normalized spacial score (nSPS) is 25.1. The van der Waals surface area contributed by atoms with Gasteiger partial charge in [-0.15, -0.1) is 0 Å². The monoisotopic (exact) mass is 415 g/mol. The van der Waals surface area contributed by atoms with Crippen molar-refractivity contribution in [3.05, 3.63) is 66.2 Å². The molecule has 4 unspecified atom stereocenters. The molecule has 0 bridgehead atoms. The molecular weight excluding hydrogens is 394 g/mol. The molecule has 4 atom stereocenters. The number of aliphatic carboxylic acids is 1. The SMILES string of the molecule is C=C(C(=O)O)c1cccc2c1OC1CC(O)C(CNS(=O)(=O)c3ccccc3)C21. The van der Waals surface area contributed by atoms with E-state index in [9.17, 15) is 23.4 Å². The highest BCUT2D eigenvalue weighted by Gasteiger charge is 2.50. The Morgan fingerprint density at radius 3 is 2.59 bits per heavy atom. The molecule has 0 aromatic heterocycles. The van der Waals surface area contributed by atoms with Gasteiger partial charge in [0, 0.05) is 35.9 Å². The Morgan fingerprint density at radius 1 is 1.17 bits per heavy atom. The molecule has 0 amide bonds. The molecule has 29 heavy (non-hydrogen) atoms. The zero-order valence-electron chi connectivity index (χ0n) is 15.5. The fraction of sp³-hybridized carbons (Fsp3) is 0.286. The molecule has 4 rings (SSSR count). The topological polar surface area (TPSA) is 113 Å². The number of sulfonamides is 1. The van der Waals surface area contributed by atoms with E-state index >= 15 is 0 Å². The number of carbonyl (C=O) groups is 1. The van der Waals surface area contributed by atoms with Crippen molar-refractivity contribution in [2.75, 3.05) is 6.54 Å². The summed E-state index contributed by atoms with van der Waals surface area (Å²) < 4.78 is 33.7. The molecule has 1 aliphatic heterocycles. The molecule has 1 aliphatic carbocycles. The molecule has 0 spiro atoms. The minimum Gasteiger partial charge on any atom is -0.489 e. The summed E-state index contributed by atoms with van der Waals surface area (Å²) in [6, 6.07) is 13.2. The first-order valence-corrected chi connectivity index (χ1v) is 10.7. The third-order valence-corrected chi connectivity index (χ3v) is 7.09. The highest BCUT2D eigenvalue weighted by Crippen LogP contribution is 2.52. The number of rotatable bonds is 6. The zero-order valence-corrected chi connectivity index (χ0v) is 16.3. The summed E-state index contributed by atoms with van der Waals surface area (Å²) in [5.74, 6) is -1.31. The number of aliphatic hydroxyl groups is 1. The second-order valence-corrected chi connectivity index (χ2v) is 9.09. The molecule has 0 radical (unpaired) electrons. The molecular formula is C21H21NO6S. The average molecular weight is 415 g/mol. The molecule has 0 saturated heterocycles. The van der Waals surface area contributed by atoms with Crippen LogP contribution in [0.25, 0.3) is 5.57 Å². The number of ether oxygens (including phenoxy) is 1. The number of carboxylic acid groups (broad SMARTS) is 1. The van der Waals surface area contributed by atoms with E-state index in [1.807, 2.05) is 6.07 Å². The van der Waals surface area contributed by atoms with Crippen molar-refractivity contribution >= 4 is 21.6 Å². The third-order valence-electron chi connectivity index (χ3n) is 5.65. The Bertz CT molecular complexity index is 1070. The van der Waals surface area contributed by atoms with Crippen molar-refractivity contribution in [3.8, 4) is 5.75 Å². The minimum absolute atomic E-state index is 0.0481. The first-order valence-electron chi connectivity index (χ1n) is 9.24. The van der Waals surface area contributed by atoms with Crippen molar-refractivity contribution < 1.29 is 28.2 Å². The van der Waals surface area contributed by atoms with E-state index in [1.165, 1.54) is 12.1 Å². The Kier molecular flexibility index (Phi) is 4.94. The summed E-state index contributed by atoms with van der Waals surface area (Å²) in [5, 5.41) is 19.8. The number of fused-ring (bicyclic) bond motifs is 3. The predicted octanol–water partition coefficient (Wildman–Crippen LogP) is 1.99. The van der Waals surface area contributed by atoms with Crippen LogP contribution in [0.4, 0.5) is 0 Å². The first-order chi connectivity index (χ1) is 13.8. The number of hydrogen-bond donors (Lipinski definition) is 3. The van der Waals surface area contributed by atoms with Crippen molar-refractivity contribution in [2.24, 2.45) is 5.92 Å². The van der Waals surface area contributed by atoms with Crippen LogP contribution in [0.5, 0.6) is 5.75 Å². The number of hydrogen-bond acceptors (Lipinski definition) is 5. The predicted molar refractivity (Wildman–Crippen MR) is 106 cm³/mol. The van der Waals surface area contributed by atoms with Gasteiger partial charge in [-0.2, -0.15) is 0 Å². The van der Waals surface area contributed by atoms with Crippen LogP contribution in [-0.4, -0.2) is 43.4 Å². The van der Waals surface area contributed by atoms with Crippen LogP contribution < -0.4 is 9.46 Å². The molecule has 1 saturated carbocycles. The van der Waals surface area contributed by atoms with Gasteiger partial charge in [0.2, 0.25) is 10.0 Å². The van der Waals surface area contributed by atoms with Crippen LogP contribution >= 0.6 is 0 Å². The maximum atomic E-state index is 12.6. The lowest BCUT2D eigenvalue weighted by atomic mass is 9.87. The van der Waals surface area contributed by atoms with Crippen molar-refractivity contribution in [3.63, 3.8) is 0 Å². The van der Waals surface area contributed by atoms with Crippen LogP contribution in [0.2, 0.25) is 0 Å². The van der Waals surface area contributed by atoms with E-state index in [2.05, 4.69) is 11.3 Å². The Labute approximate surface area is 168 Å². The van der Waals surface area contributed by atoms with E-state index in [0.717, 1.165) is 5.56 Å². The van der Waals surface area contributed by atoms with Gasteiger partial charge in [-0.25, -0.2) is 17.9 Å². The molecule has 7 nitrogen and oxygen atoms in total.